The van der Waals surface area contributed by atoms with Gasteiger partial charge in [0.25, 0.3) is 5.69 Å². The van der Waals surface area contributed by atoms with E-state index in [1.807, 2.05) is 0 Å². The molecule has 29 heavy (non-hydrogen) atoms. The van der Waals surface area contributed by atoms with E-state index in [1.54, 1.807) is 19.1 Å². The van der Waals surface area contributed by atoms with E-state index in [-0.39, 0.29) is 28.3 Å². The number of ether oxygens (including phenoxy) is 1. The third-order valence-electron chi connectivity index (χ3n) is 4.93. The monoisotopic (exact) mass is 418 g/mol. The first-order chi connectivity index (χ1) is 13.8. The van der Waals surface area contributed by atoms with Gasteiger partial charge in [-0.25, -0.2) is 13.2 Å². The summed E-state index contributed by atoms with van der Waals surface area (Å²) in [6.07, 6.45) is 2.63. The van der Waals surface area contributed by atoms with E-state index in [0.29, 0.717) is 18.7 Å². The second kappa shape index (κ2) is 8.71. The Bertz CT molecular complexity index is 1030. The number of hydrogen-bond acceptors (Lipinski definition) is 6. The summed E-state index contributed by atoms with van der Waals surface area (Å²) in [5.41, 5.74) is 0.816. The molecule has 0 atom stereocenters. The fourth-order valence-electron chi connectivity index (χ4n) is 3.27. The van der Waals surface area contributed by atoms with Crippen LogP contribution in [0.1, 0.15) is 40.7 Å². The number of rotatable bonds is 6. The van der Waals surface area contributed by atoms with Gasteiger partial charge in [0.2, 0.25) is 10.0 Å². The molecule has 0 aromatic heterocycles. The standard InChI is InChI=1S/C20H22N2O6S/c1-15-9-10-17(29(26,27)21-11-5-2-6-12-21)13-18(15)20(23)28-14-16-7-3-4-8-19(16)22(24)25/h3-4,7-10,13H,2,5-6,11-12,14H2,1H3. The Hall–Kier alpha value is -2.78. The first-order valence-corrected chi connectivity index (χ1v) is 10.7. The molecule has 0 bridgehead atoms. The molecule has 0 aliphatic carbocycles. The molecule has 0 radical (unpaired) electrons. The number of piperidine rings is 1. The minimum Gasteiger partial charge on any atom is -0.457 e. The molecule has 1 heterocycles. The Labute approximate surface area is 169 Å². The molecule has 1 aliphatic rings. The minimum absolute atomic E-state index is 0.0441. The van der Waals surface area contributed by atoms with Gasteiger partial charge < -0.3 is 4.74 Å². The first-order valence-electron chi connectivity index (χ1n) is 9.31. The Morgan fingerprint density at radius 3 is 2.52 bits per heavy atom. The van der Waals surface area contributed by atoms with E-state index in [9.17, 15) is 23.3 Å². The summed E-state index contributed by atoms with van der Waals surface area (Å²) < 4.78 is 32.4. The lowest BCUT2D eigenvalue weighted by Crippen LogP contribution is -2.35. The molecule has 1 fully saturated rings. The van der Waals surface area contributed by atoms with Crippen molar-refractivity contribution >= 4 is 21.7 Å². The molecule has 154 valence electrons. The van der Waals surface area contributed by atoms with Crippen molar-refractivity contribution in [1.82, 2.24) is 4.31 Å². The van der Waals surface area contributed by atoms with Crippen LogP contribution in [0.2, 0.25) is 0 Å². The average molecular weight is 418 g/mol. The van der Waals surface area contributed by atoms with Crippen LogP contribution in [-0.4, -0.2) is 36.7 Å². The molecule has 2 aromatic carbocycles. The maximum Gasteiger partial charge on any atom is 0.338 e. The van der Waals surface area contributed by atoms with Crippen LogP contribution in [0.15, 0.2) is 47.4 Å². The Kier molecular flexibility index (Phi) is 6.29. The number of nitro benzene ring substituents is 1. The van der Waals surface area contributed by atoms with Crippen molar-refractivity contribution < 1.29 is 22.9 Å². The van der Waals surface area contributed by atoms with Crippen LogP contribution >= 0.6 is 0 Å². The van der Waals surface area contributed by atoms with Crippen molar-refractivity contribution in [3.63, 3.8) is 0 Å². The normalized spacial score (nSPS) is 15.1. The SMILES string of the molecule is Cc1ccc(S(=O)(=O)N2CCCCC2)cc1C(=O)OCc1ccccc1[N+](=O)[O-]. The van der Waals surface area contributed by atoms with Crippen LogP contribution in [0.3, 0.4) is 0 Å². The minimum atomic E-state index is -3.68. The van der Waals surface area contributed by atoms with Gasteiger partial charge in [0.05, 0.1) is 20.9 Å². The summed E-state index contributed by atoms with van der Waals surface area (Å²) in [7, 11) is -3.68. The van der Waals surface area contributed by atoms with Crippen LogP contribution in [0.5, 0.6) is 0 Å². The number of nitro groups is 1. The molecule has 0 saturated carbocycles. The number of carbonyl (C=O) groups excluding carboxylic acids is 1. The third kappa shape index (κ3) is 4.63. The highest BCUT2D eigenvalue weighted by molar-refractivity contribution is 7.89. The van der Waals surface area contributed by atoms with Crippen molar-refractivity contribution in [2.24, 2.45) is 0 Å². The maximum absolute atomic E-state index is 12.9. The van der Waals surface area contributed by atoms with Gasteiger partial charge in [-0.15, -0.1) is 0 Å². The number of nitrogens with zero attached hydrogens (tertiary/aromatic N) is 2. The molecule has 0 N–H and O–H groups in total. The van der Waals surface area contributed by atoms with Gasteiger partial charge in [0, 0.05) is 19.2 Å². The van der Waals surface area contributed by atoms with Gasteiger partial charge >= 0.3 is 5.97 Å². The fourth-order valence-corrected chi connectivity index (χ4v) is 4.81. The molecule has 1 aliphatic heterocycles. The number of carbonyl (C=O) groups is 1. The lowest BCUT2D eigenvalue weighted by atomic mass is 10.1. The lowest BCUT2D eigenvalue weighted by Gasteiger charge is -2.26. The molecule has 0 amide bonds. The van der Waals surface area contributed by atoms with Crippen LogP contribution in [0.25, 0.3) is 0 Å². The van der Waals surface area contributed by atoms with Gasteiger partial charge in [-0.3, -0.25) is 10.1 Å². The van der Waals surface area contributed by atoms with Gasteiger partial charge in [-0.2, -0.15) is 4.31 Å². The average Bonchev–Trinajstić information content (AvgIpc) is 2.73. The highest BCUT2D eigenvalue weighted by Gasteiger charge is 2.27. The molecule has 9 heteroatoms. The highest BCUT2D eigenvalue weighted by Crippen LogP contribution is 2.24. The summed E-state index contributed by atoms with van der Waals surface area (Å²) in [5, 5.41) is 11.1. The first kappa shape index (κ1) is 20.9. The Balaban J connectivity index is 1.81. The molecule has 2 aromatic rings. The summed E-state index contributed by atoms with van der Waals surface area (Å²) in [4.78, 5) is 23.2. The maximum atomic E-state index is 12.9. The largest absolute Gasteiger partial charge is 0.457 e. The fraction of sp³-hybridized carbons (Fsp3) is 0.350. The van der Waals surface area contributed by atoms with Crippen LogP contribution in [-0.2, 0) is 21.4 Å². The van der Waals surface area contributed by atoms with E-state index in [1.165, 1.54) is 34.6 Å². The molecule has 0 unspecified atom stereocenters. The second-order valence-corrected chi connectivity index (χ2v) is 8.84. The predicted molar refractivity (Wildman–Crippen MR) is 106 cm³/mol. The summed E-state index contributed by atoms with van der Waals surface area (Å²) in [6.45, 7) is 2.33. The van der Waals surface area contributed by atoms with Gasteiger partial charge in [-0.1, -0.05) is 24.6 Å². The summed E-state index contributed by atoms with van der Waals surface area (Å²) in [5.74, 6) is -0.726. The van der Waals surface area contributed by atoms with Crippen molar-refractivity contribution in [2.45, 2.75) is 37.7 Å². The van der Waals surface area contributed by atoms with E-state index >= 15 is 0 Å². The lowest BCUT2D eigenvalue weighted by molar-refractivity contribution is -0.385. The number of para-hydroxylation sites is 1. The van der Waals surface area contributed by atoms with Gasteiger partial charge in [-0.05, 0) is 43.5 Å². The van der Waals surface area contributed by atoms with E-state index < -0.39 is 20.9 Å². The number of sulfonamides is 1. The molecule has 0 spiro atoms. The van der Waals surface area contributed by atoms with Crippen molar-refractivity contribution in [3.8, 4) is 0 Å². The number of esters is 1. The predicted octanol–water partition coefficient (Wildman–Crippen LogP) is 3.43. The van der Waals surface area contributed by atoms with Crippen molar-refractivity contribution in [2.75, 3.05) is 13.1 Å². The zero-order valence-corrected chi connectivity index (χ0v) is 16.9. The van der Waals surface area contributed by atoms with Crippen molar-refractivity contribution in [3.05, 3.63) is 69.3 Å². The summed E-state index contributed by atoms with van der Waals surface area (Å²) in [6, 6.07) is 10.4. The molecular formula is C20H22N2O6S. The second-order valence-electron chi connectivity index (χ2n) is 6.90. The smallest absolute Gasteiger partial charge is 0.338 e. The van der Waals surface area contributed by atoms with Crippen LogP contribution < -0.4 is 0 Å². The zero-order valence-electron chi connectivity index (χ0n) is 16.0. The summed E-state index contributed by atoms with van der Waals surface area (Å²) >= 11 is 0. The van der Waals surface area contributed by atoms with Crippen LogP contribution in [0.4, 0.5) is 5.69 Å². The van der Waals surface area contributed by atoms with E-state index in [0.717, 1.165) is 19.3 Å². The van der Waals surface area contributed by atoms with Crippen LogP contribution in [0, 0.1) is 17.0 Å². The quantitative estimate of drug-likeness (QED) is 0.404. The topological polar surface area (TPSA) is 107 Å². The number of benzene rings is 2. The molecular weight excluding hydrogens is 396 g/mol. The Morgan fingerprint density at radius 2 is 1.83 bits per heavy atom. The van der Waals surface area contributed by atoms with E-state index in [4.69, 9.17) is 4.74 Å². The Morgan fingerprint density at radius 1 is 1.14 bits per heavy atom. The number of aryl methyl sites for hydroxylation is 1. The van der Waals surface area contributed by atoms with E-state index in [2.05, 4.69) is 0 Å². The number of hydrogen-bond donors (Lipinski definition) is 0. The zero-order chi connectivity index (χ0) is 21.0. The molecule has 1 saturated heterocycles. The van der Waals surface area contributed by atoms with Gasteiger partial charge in [0.15, 0.2) is 0 Å². The van der Waals surface area contributed by atoms with Crippen molar-refractivity contribution in [1.29, 1.82) is 0 Å². The highest BCUT2D eigenvalue weighted by atomic mass is 32.2. The molecule has 8 nitrogen and oxygen atoms in total. The third-order valence-corrected chi connectivity index (χ3v) is 6.82. The van der Waals surface area contributed by atoms with Gasteiger partial charge in [0.1, 0.15) is 6.61 Å². The molecule has 3 rings (SSSR count).